The van der Waals surface area contributed by atoms with Crippen molar-refractivity contribution >= 4 is 23.3 Å². The van der Waals surface area contributed by atoms with Crippen LogP contribution in [0.15, 0.2) is 18.2 Å². The number of rotatable bonds is 2. The maximum absolute atomic E-state index is 10.7. The number of alkyl halides is 1. The number of benzene rings is 1. The summed E-state index contributed by atoms with van der Waals surface area (Å²) in [5.74, 6) is 5.05. The molecule has 0 saturated carbocycles. The summed E-state index contributed by atoms with van der Waals surface area (Å²) in [6, 6.07) is 4.44. The molecule has 15 heavy (non-hydrogen) atoms. The van der Waals surface area contributed by atoms with E-state index in [1.165, 1.54) is 18.2 Å². The molecular formula is C11H10ClNO2. The topological polar surface area (TPSA) is 63.3 Å². The van der Waals surface area contributed by atoms with E-state index < -0.39 is 5.97 Å². The molecule has 3 nitrogen and oxygen atoms in total. The van der Waals surface area contributed by atoms with Gasteiger partial charge in [-0.1, -0.05) is 11.8 Å². The second-order valence-corrected chi connectivity index (χ2v) is 3.23. The van der Waals surface area contributed by atoms with E-state index in [4.69, 9.17) is 22.4 Å². The molecule has 0 heterocycles. The van der Waals surface area contributed by atoms with Gasteiger partial charge >= 0.3 is 5.97 Å². The molecule has 1 aromatic rings. The number of carbonyl (C=O) groups is 1. The van der Waals surface area contributed by atoms with Gasteiger partial charge in [0, 0.05) is 23.6 Å². The van der Waals surface area contributed by atoms with Crippen molar-refractivity contribution in [2.45, 2.75) is 6.42 Å². The molecule has 0 fully saturated rings. The lowest BCUT2D eigenvalue weighted by Gasteiger charge is -1.99. The van der Waals surface area contributed by atoms with Gasteiger partial charge in [0.1, 0.15) is 0 Å². The standard InChI is InChI=1S/C11H10ClNO2/c12-6-2-1-3-8-7-9(11(14)15)4-5-10(8)13/h4-5,7H,2,6,13H2,(H,14,15). The van der Waals surface area contributed by atoms with Crippen LogP contribution >= 0.6 is 11.6 Å². The monoisotopic (exact) mass is 223 g/mol. The van der Waals surface area contributed by atoms with Crippen LogP contribution in [0.3, 0.4) is 0 Å². The SMILES string of the molecule is Nc1ccc(C(=O)O)cc1C#CCCCl. The van der Waals surface area contributed by atoms with Crippen molar-refractivity contribution in [3.8, 4) is 11.8 Å². The van der Waals surface area contributed by atoms with Crippen LogP contribution in [0.1, 0.15) is 22.3 Å². The van der Waals surface area contributed by atoms with Gasteiger partial charge in [0.25, 0.3) is 0 Å². The Labute approximate surface area is 92.9 Å². The fourth-order valence-corrected chi connectivity index (χ4v) is 1.10. The van der Waals surface area contributed by atoms with Crippen LogP contribution < -0.4 is 5.73 Å². The highest BCUT2D eigenvalue weighted by molar-refractivity contribution is 6.18. The second-order valence-electron chi connectivity index (χ2n) is 2.85. The highest BCUT2D eigenvalue weighted by Crippen LogP contribution is 2.13. The molecule has 0 unspecified atom stereocenters. The minimum Gasteiger partial charge on any atom is -0.478 e. The number of nitrogen functional groups attached to an aromatic ring is 1. The van der Waals surface area contributed by atoms with E-state index in [0.29, 0.717) is 23.6 Å². The summed E-state index contributed by atoms with van der Waals surface area (Å²) in [5.41, 5.74) is 6.83. The summed E-state index contributed by atoms with van der Waals surface area (Å²) in [6.07, 6.45) is 0.554. The Morgan fingerprint density at radius 1 is 1.53 bits per heavy atom. The van der Waals surface area contributed by atoms with Gasteiger partial charge in [-0.25, -0.2) is 4.79 Å². The quantitative estimate of drug-likeness (QED) is 0.458. The first-order valence-corrected chi connectivity index (χ1v) is 4.86. The van der Waals surface area contributed by atoms with Gasteiger partial charge in [0.2, 0.25) is 0 Å². The average Bonchev–Trinajstić information content (AvgIpc) is 2.20. The van der Waals surface area contributed by atoms with Gasteiger partial charge in [-0.05, 0) is 18.2 Å². The van der Waals surface area contributed by atoms with Crippen LogP contribution in [0.4, 0.5) is 5.69 Å². The van der Waals surface area contributed by atoms with Gasteiger partial charge in [-0.15, -0.1) is 11.6 Å². The van der Waals surface area contributed by atoms with Crippen molar-refractivity contribution in [2.24, 2.45) is 0 Å². The summed E-state index contributed by atoms with van der Waals surface area (Å²) in [6.45, 7) is 0. The fourth-order valence-electron chi connectivity index (χ4n) is 1.00. The first-order valence-electron chi connectivity index (χ1n) is 4.33. The van der Waals surface area contributed by atoms with Gasteiger partial charge in [-0.3, -0.25) is 0 Å². The van der Waals surface area contributed by atoms with Gasteiger partial charge in [0.05, 0.1) is 5.56 Å². The Morgan fingerprint density at radius 2 is 2.27 bits per heavy atom. The van der Waals surface area contributed by atoms with Crippen molar-refractivity contribution < 1.29 is 9.90 Å². The Kier molecular flexibility index (Phi) is 4.02. The number of halogens is 1. The Bertz CT molecular complexity index is 432. The summed E-state index contributed by atoms with van der Waals surface area (Å²) in [7, 11) is 0. The highest BCUT2D eigenvalue weighted by atomic mass is 35.5. The first-order chi connectivity index (χ1) is 7.15. The van der Waals surface area contributed by atoms with Crippen molar-refractivity contribution in [3.05, 3.63) is 29.3 Å². The van der Waals surface area contributed by atoms with Crippen molar-refractivity contribution in [3.63, 3.8) is 0 Å². The zero-order chi connectivity index (χ0) is 11.3. The molecule has 0 bridgehead atoms. The fraction of sp³-hybridized carbons (Fsp3) is 0.182. The summed E-state index contributed by atoms with van der Waals surface area (Å²) in [4.78, 5) is 10.7. The number of hydrogen-bond acceptors (Lipinski definition) is 2. The lowest BCUT2D eigenvalue weighted by Crippen LogP contribution is -1.99. The molecular weight excluding hydrogens is 214 g/mol. The number of carboxylic acids is 1. The normalized spacial score (nSPS) is 9.13. The maximum Gasteiger partial charge on any atom is 0.335 e. The minimum absolute atomic E-state index is 0.180. The molecule has 4 heteroatoms. The van der Waals surface area contributed by atoms with Gasteiger partial charge in [0.15, 0.2) is 0 Å². The Balaban J connectivity index is 3.02. The number of hydrogen-bond donors (Lipinski definition) is 2. The molecule has 0 spiro atoms. The van der Waals surface area contributed by atoms with E-state index in [1.54, 1.807) is 0 Å². The molecule has 0 radical (unpaired) electrons. The minimum atomic E-state index is -0.990. The lowest BCUT2D eigenvalue weighted by molar-refractivity contribution is 0.0697. The molecule has 78 valence electrons. The van der Waals surface area contributed by atoms with E-state index in [9.17, 15) is 4.79 Å². The van der Waals surface area contributed by atoms with E-state index in [2.05, 4.69) is 11.8 Å². The summed E-state index contributed by atoms with van der Waals surface area (Å²) < 4.78 is 0. The molecule has 1 rings (SSSR count). The van der Waals surface area contributed by atoms with Crippen LogP contribution in [0, 0.1) is 11.8 Å². The maximum atomic E-state index is 10.7. The van der Waals surface area contributed by atoms with Gasteiger partial charge in [-0.2, -0.15) is 0 Å². The third-order valence-corrected chi connectivity index (χ3v) is 1.93. The van der Waals surface area contributed by atoms with E-state index in [1.807, 2.05) is 0 Å². The predicted octanol–water partition coefficient (Wildman–Crippen LogP) is 1.95. The number of carboxylic acid groups (broad SMARTS) is 1. The lowest BCUT2D eigenvalue weighted by atomic mass is 10.1. The molecule has 0 aliphatic carbocycles. The largest absolute Gasteiger partial charge is 0.478 e. The van der Waals surface area contributed by atoms with Crippen LogP contribution in [-0.4, -0.2) is 17.0 Å². The van der Waals surface area contributed by atoms with Crippen molar-refractivity contribution in [1.82, 2.24) is 0 Å². The van der Waals surface area contributed by atoms with E-state index in [0.717, 1.165) is 0 Å². The molecule has 0 amide bonds. The highest BCUT2D eigenvalue weighted by Gasteiger charge is 2.04. The number of anilines is 1. The van der Waals surface area contributed by atoms with Crippen LogP contribution in [0.5, 0.6) is 0 Å². The van der Waals surface area contributed by atoms with Crippen LogP contribution in [0.25, 0.3) is 0 Å². The number of aromatic carboxylic acids is 1. The molecule has 1 aromatic carbocycles. The van der Waals surface area contributed by atoms with Crippen LogP contribution in [0.2, 0.25) is 0 Å². The second kappa shape index (κ2) is 5.28. The molecule has 3 N–H and O–H groups in total. The zero-order valence-electron chi connectivity index (χ0n) is 7.96. The zero-order valence-corrected chi connectivity index (χ0v) is 8.71. The Hall–Kier alpha value is -1.66. The first kappa shape index (κ1) is 11.4. The predicted molar refractivity (Wildman–Crippen MR) is 60.0 cm³/mol. The van der Waals surface area contributed by atoms with E-state index in [-0.39, 0.29) is 5.56 Å². The van der Waals surface area contributed by atoms with E-state index >= 15 is 0 Å². The average molecular weight is 224 g/mol. The third kappa shape index (κ3) is 3.19. The molecule has 0 atom stereocenters. The smallest absolute Gasteiger partial charge is 0.335 e. The van der Waals surface area contributed by atoms with Crippen molar-refractivity contribution in [2.75, 3.05) is 11.6 Å². The molecule has 0 aliphatic heterocycles. The van der Waals surface area contributed by atoms with Crippen molar-refractivity contribution in [1.29, 1.82) is 0 Å². The summed E-state index contributed by atoms with van der Waals surface area (Å²) in [5, 5.41) is 8.76. The number of nitrogens with two attached hydrogens (primary N) is 1. The van der Waals surface area contributed by atoms with Gasteiger partial charge < -0.3 is 10.8 Å². The molecule has 0 saturated heterocycles. The Morgan fingerprint density at radius 3 is 2.87 bits per heavy atom. The molecule has 0 aromatic heterocycles. The molecule has 0 aliphatic rings. The third-order valence-electron chi connectivity index (χ3n) is 1.74. The summed E-state index contributed by atoms with van der Waals surface area (Å²) >= 11 is 5.46. The van der Waals surface area contributed by atoms with Crippen LogP contribution in [-0.2, 0) is 0 Å².